The van der Waals surface area contributed by atoms with E-state index < -0.39 is 16.0 Å². The number of ether oxygens (including phenoxy) is 2. The number of hydrogen-bond acceptors (Lipinski definition) is 8. The smallest absolute Gasteiger partial charge is 0.339 e. The van der Waals surface area contributed by atoms with Crippen LogP contribution in [0.25, 0.3) is 11.4 Å². The van der Waals surface area contributed by atoms with E-state index in [0.29, 0.717) is 17.9 Å². The van der Waals surface area contributed by atoms with Gasteiger partial charge in [0.25, 0.3) is 10.0 Å². The third-order valence-corrected chi connectivity index (χ3v) is 5.51. The fourth-order valence-corrected chi connectivity index (χ4v) is 3.99. The molecule has 10 nitrogen and oxygen atoms in total. The lowest BCUT2D eigenvalue weighted by Gasteiger charge is -2.14. The molecule has 1 heterocycles. The first kappa shape index (κ1) is 20.3. The third kappa shape index (κ3) is 4.04. The molecule has 0 atom stereocenters. The first-order valence-corrected chi connectivity index (χ1v) is 10.0. The number of methoxy groups -OCH3 is 2. The van der Waals surface area contributed by atoms with Crippen molar-refractivity contribution in [3.05, 3.63) is 48.0 Å². The van der Waals surface area contributed by atoms with E-state index in [1.807, 2.05) is 6.92 Å². The van der Waals surface area contributed by atoms with Gasteiger partial charge in [-0.15, -0.1) is 5.10 Å². The van der Waals surface area contributed by atoms with E-state index in [1.165, 1.54) is 43.2 Å². The highest BCUT2D eigenvalue weighted by molar-refractivity contribution is 7.92. The molecular weight excluding hydrogens is 398 g/mol. The van der Waals surface area contributed by atoms with E-state index in [9.17, 15) is 13.2 Å². The van der Waals surface area contributed by atoms with Gasteiger partial charge in [0, 0.05) is 12.1 Å². The number of benzene rings is 2. The summed E-state index contributed by atoms with van der Waals surface area (Å²) in [4.78, 5) is 11.8. The van der Waals surface area contributed by atoms with Crippen LogP contribution in [0.2, 0.25) is 0 Å². The molecule has 0 aliphatic heterocycles. The molecule has 2 aromatic carbocycles. The van der Waals surface area contributed by atoms with Crippen LogP contribution in [0, 0.1) is 0 Å². The summed E-state index contributed by atoms with van der Waals surface area (Å²) in [6, 6.07) is 10.7. The molecule has 1 aromatic heterocycles. The zero-order valence-corrected chi connectivity index (χ0v) is 16.8. The number of nitrogens with zero attached hydrogens (tertiary/aromatic N) is 4. The average Bonchev–Trinajstić information content (AvgIpc) is 3.21. The molecule has 0 radical (unpaired) electrons. The molecule has 29 heavy (non-hydrogen) atoms. The van der Waals surface area contributed by atoms with Crippen molar-refractivity contribution in [1.29, 1.82) is 0 Å². The number of nitrogens with one attached hydrogen (secondary N) is 1. The van der Waals surface area contributed by atoms with Crippen LogP contribution in [0.4, 0.5) is 5.69 Å². The molecule has 0 aliphatic carbocycles. The molecule has 1 N–H and O–H groups in total. The van der Waals surface area contributed by atoms with E-state index >= 15 is 0 Å². The molecule has 0 fully saturated rings. The molecule has 3 rings (SSSR count). The molecule has 0 spiro atoms. The Hall–Kier alpha value is -3.47. The van der Waals surface area contributed by atoms with Gasteiger partial charge < -0.3 is 9.47 Å². The van der Waals surface area contributed by atoms with E-state index in [2.05, 4.69) is 20.2 Å². The average molecular weight is 417 g/mol. The molecule has 3 aromatic rings. The minimum atomic E-state index is -4.11. The standard InChI is InChI=1S/C18H19N5O5S/c1-4-23-17(19-21-22-23)12-9-10-15(27-2)16(11-12)29(25,26)20-14-8-6-5-7-13(14)18(24)28-3/h5-11,20H,4H2,1-3H3. The van der Waals surface area contributed by atoms with Gasteiger partial charge in [0.1, 0.15) is 10.6 Å². The predicted octanol–water partition coefficient (Wildman–Crippen LogP) is 1.96. The van der Waals surface area contributed by atoms with Crippen molar-refractivity contribution in [2.75, 3.05) is 18.9 Å². The summed E-state index contributed by atoms with van der Waals surface area (Å²) in [6.45, 7) is 2.38. The number of para-hydroxylation sites is 1. The SMILES string of the molecule is CCn1nnnc1-c1ccc(OC)c(S(=O)(=O)Nc2ccccc2C(=O)OC)c1. The number of carbonyl (C=O) groups is 1. The van der Waals surface area contributed by atoms with Crippen molar-refractivity contribution in [2.45, 2.75) is 18.4 Å². The molecule has 0 bridgehead atoms. The van der Waals surface area contributed by atoms with Gasteiger partial charge in [-0.05, 0) is 47.7 Å². The zero-order chi connectivity index (χ0) is 21.0. The Morgan fingerprint density at radius 2 is 1.93 bits per heavy atom. The van der Waals surface area contributed by atoms with E-state index in [1.54, 1.807) is 18.2 Å². The highest BCUT2D eigenvalue weighted by Crippen LogP contribution is 2.31. The first-order valence-electron chi connectivity index (χ1n) is 8.56. The van der Waals surface area contributed by atoms with Crippen LogP contribution in [-0.4, -0.2) is 48.8 Å². The third-order valence-electron chi connectivity index (χ3n) is 4.12. The minimum absolute atomic E-state index is 0.0867. The largest absolute Gasteiger partial charge is 0.495 e. The molecule has 0 saturated heterocycles. The van der Waals surface area contributed by atoms with Gasteiger partial charge in [0.15, 0.2) is 5.82 Å². The molecule has 0 saturated carbocycles. The Labute approximate surface area is 167 Å². The number of sulfonamides is 1. The van der Waals surface area contributed by atoms with Gasteiger partial charge in [-0.3, -0.25) is 4.72 Å². The molecule has 0 unspecified atom stereocenters. The highest BCUT2D eigenvalue weighted by atomic mass is 32.2. The van der Waals surface area contributed by atoms with E-state index in [-0.39, 0.29) is 21.9 Å². The van der Waals surface area contributed by atoms with Crippen LogP contribution in [0.3, 0.4) is 0 Å². The van der Waals surface area contributed by atoms with Gasteiger partial charge in [0.2, 0.25) is 0 Å². The monoisotopic (exact) mass is 417 g/mol. The summed E-state index contributed by atoms with van der Waals surface area (Å²) < 4.78 is 40.1. The Morgan fingerprint density at radius 1 is 1.17 bits per heavy atom. The lowest BCUT2D eigenvalue weighted by molar-refractivity contribution is 0.0602. The van der Waals surface area contributed by atoms with Crippen molar-refractivity contribution < 1.29 is 22.7 Å². The van der Waals surface area contributed by atoms with Gasteiger partial charge in [-0.1, -0.05) is 12.1 Å². The second-order valence-corrected chi connectivity index (χ2v) is 7.48. The fraction of sp³-hybridized carbons (Fsp3) is 0.222. The molecule has 0 aliphatic rings. The topological polar surface area (TPSA) is 125 Å². The zero-order valence-electron chi connectivity index (χ0n) is 16.0. The summed E-state index contributed by atoms with van der Waals surface area (Å²) in [5.41, 5.74) is 0.674. The van der Waals surface area contributed by atoms with Crippen LogP contribution >= 0.6 is 0 Å². The number of esters is 1. The quantitative estimate of drug-likeness (QED) is 0.578. The summed E-state index contributed by atoms with van der Waals surface area (Å²) in [5.74, 6) is -0.111. The number of tetrazole rings is 1. The summed E-state index contributed by atoms with van der Waals surface area (Å²) in [6.07, 6.45) is 0. The number of carbonyl (C=O) groups excluding carboxylic acids is 1. The highest BCUT2D eigenvalue weighted by Gasteiger charge is 2.24. The second kappa shape index (κ2) is 8.27. The van der Waals surface area contributed by atoms with Crippen molar-refractivity contribution in [3.8, 4) is 17.1 Å². The van der Waals surface area contributed by atoms with Crippen LogP contribution in [0.5, 0.6) is 5.75 Å². The van der Waals surface area contributed by atoms with E-state index in [0.717, 1.165) is 0 Å². The lowest BCUT2D eigenvalue weighted by atomic mass is 10.2. The van der Waals surface area contributed by atoms with Crippen molar-refractivity contribution in [1.82, 2.24) is 20.2 Å². The normalized spacial score (nSPS) is 11.1. The second-order valence-electron chi connectivity index (χ2n) is 5.83. The maximum Gasteiger partial charge on any atom is 0.339 e. The maximum absolute atomic E-state index is 13.1. The predicted molar refractivity (Wildman–Crippen MR) is 104 cm³/mol. The Balaban J connectivity index is 2.07. The lowest BCUT2D eigenvalue weighted by Crippen LogP contribution is -2.17. The first-order chi connectivity index (χ1) is 13.9. The van der Waals surface area contributed by atoms with Gasteiger partial charge in [0.05, 0.1) is 25.5 Å². The van der Waals surface area contributed by atoms with Crippen LogP contribution in [-0.2, 0) is 21.3 Å². The van der Waals surface area contributed by atoms with Crippen molar-refractivity contribution >= 4 is 21.7 Å². The Morgan fingerprint density at radius 3 is 2.62 bits per heavy atom. The maximum atomic E-state index is 13.1. The van der Waals surface area contributed by atoms with Crippen molar-refractivity contribution in [3.63, 3.8) is 0 Å². The number of aryl methyl sites for hydroxylation is 1. The number of anilines is 1. The summed E-state index contributed by atoms with van der Waals surface area (Å²) in [5, 5.41) is 11.4. The Bertz CT molecular complexity index is 1140. The van der Waals surface area contributed by atoms with Crippen molar-refractivity contribution in [2.24, 2.45) is 0 Å². The van der Waals surface area contributed by atoms with Gasteiger partial charge >= 0.3 is 5.97 Å². The molecule has 152 valence electrons. The fourth-order valence-electron chi connectivity index (χ4n) is 2.71. The molecule has 0 amide bonds. The van der Waals surface area contributed by atoms with Gasteiger partial charge in [-0.25, -0.2) is 17.9 Å². The minimum Gasteiger partial charge on any atom is -0.495 e. The molecule has 11 heteroatoms. The van der Waals surface area contributed by atoms with Gasteiger partial charge in [-0.2, -0.15) is 0 Å². The molecular formula is C18H19N5O5S. The number of rotatable bonds is 7. The summed E-state index contributed by atoms with van der Waals surface area (Å²) >= 11 is 0. The summed E-state index contributed by atoms with van der Waals surface area (Å²) in [7, 11) is -1.53. The number of hydrogen-bond donors (Lipinski definition) is 1. The number of aromatic nitrogens is 4. The Kier molecular flexibility index (Phi) is 5.78. The van der Waals surface area contributed by atoms with Crippen LogP contribution < -0.4 is 9.46 Å². The van der Waals surface area contributed by atoms with Crippen LogP contribution in [0.15, 0.2) is 47.4 Å². The van der Waals surface area contributed by atoms with Crippen LogP contribution in [0.1, 0.15) is 17.3 Å². The van der Waals surface area contributed by atoms with E-state index in [4.69, 9.17) is 9.47 Å².